The van der Waals surface area contributed by atoms with E-state index < -0.39 is 0 Å². The fourth-order valence-corrected chi connectivity index (χ4v) is 2.03. The van der Waals surface area contributed by atoms with Crippen molar-refractivity contribution in [1.29, 1.82) is 0 Å². The molecule has 4 heteroatoms. The number of rotatable bonds is 1. The number of quaternary nitrogens is 1. The summed E-state index contributed by atoms with van der Waals surface area (Å²) in [7, 11) is 0. The molecule has 0 saturated carbocycles. The monoisotopic (exact) mass is 196 g/mol. The van der Waals surface area contributed by atoms with Crippen molar-refractivity contribution in [3.05, 3.63) is 34.8 Å². The number of hydrogen-bond donors (Lipinski definition) is 2. The van der Waals surface area contributed by atoms with Crippen molar-refractivity contribution in [2.75, 3.05) is 18.8 Å². The molecular weight excluding hydrogens is 183 g/mol. The molecule has 3 nitrogen and oxygen atoms in total. The van der Waals surface area contributed by atoms with Gasteiger partial charge >= 0.3 is 0 Å². The molecule has 1 aromatic carbocycles. The Bertz CT molecular complexity index is 361. The van der Waals surface area contributed by atoms with Crippen LogP contribution in [-0.2, 0) is 5.41 Å². The van der Waals surface area contributed by atoms with Crippen LogP contribution in [0.5, 0.6) is 0 Å². The van der Waals surface area contributed by atoms with Crippen LogP contribution in [0.3, 0.4) is 0 Å². The zero-order valence-corrected chi connectivity index (χ0v) is 8.01. The van der Waals surface area contributed by atoms with E-state index in [0.717, 1.165) is 0 Å². The summed E-state index contributed by atoms with van der Waals surface area (Å²) < 4.78 is 13.5. The Balaban J connectivity index is 2.33. The summed E-state index contributed by atoms with van der Waals surface area (Å²) in [6, 6.07) is 4.66. The predicted molar refractivity (Wildman–Crippen MR) is 52.2 cm³/mol. The van der Waals surface area contributed by atoms with Crippen molar-refractivity contribution < 1.29 is 9.45 Å². The number of benzene rings is 1. The number of nitrogens with two attached hydrogens (primary N) is 1. The van der Waals surface area contributed by atoms with Gasteiger partial charge in [-0.15, -0.1) is 0 Å². The lowest BCUT2D eigenvalue weighted by atomic mass is 9.76. The Kier molecular flexibility index (Phi) is 1.97. The molecule has 0 aliphatic carbocycles. The number of nitrogen functional groups attached to an aromatic ring is 1. The van der Waals surface area contributed by atoms with E-state index in [4.69, 9.17) is 5.73 Å². The van der Waals surface area contributed by atoms with E-state index in [0.29, 0.717) is 24.3 Å². The van der Waals surface area contributed by atoms with Gasteiger partial charge in [0.2, 0.25) is 0 Å². The van der Waals surface area contributed by atoms with Gasteiger partial charge in [0.05, 0.1) is 18.5 Å². The zero-order valence-electron chi connectivity index (χ0n) is 8.01. The first-order valence-corrected chi connectivity index (χ1v) is 4.58. The van der Waals surface area contributed by atoms with Gasteiger partial charge in [-0.25, -0.2) is 4.39 Å². The van der Waals surface area contributed by atoms with Crippen molar-refractivity contribution in [2.45, 2.75) is 12.3 Å². The minimum Gasteiger partial charge on any atom is -0.634 e. The third-order valence-corrected chi connectivity index (χ3v) is 2.82. The minimum atomic E-state index is -0.311. The molecule has 0 amide bonds. The van der Waals surface area contributed by atoms with Gasteiger partial charge < -0.3 is 16.0 Å². The van der Waals surface area contributed by atoms with Crippen LogP contribution in [0.4, 0.5) is 10.1 Å². The second-order valence-electron chi connectivity index (χ2n) is 4.19. The third-order valence-electron chi connectivity index (χ3n) is 2.82. The molecular formula is C10H13FN2O. The summed E-state index contributed by atoms with van der Waals surface area (Å²) in [5.41, 5.74) is 6.16. The molecule has 0 unspecified atom stereocenters. The van der Waals surface area contributed by atoms with Crippen molar-refractivity contribution in [3.8, 4) is 0 Å². The van der Waals surface area contributed by atoms with Gasteiger partial charge in [0.1, 0.15) is 5.82 Å². The normalized spacial score (nSPS) is 31.2. The highest BCUT2D eigenvalue weighted by Gasteiger charge is 2.43. The average molecular weight is 196 g/mol. The second-order valence-corrected chi connectivity index (χ2v) is 4.19. The summed E-state index contributed by atoms with van der Waals surface area (Å²) in [6.45, 7) is 2.78. The summed E-state index contributed by atoms with van der Waals surface area (Å²) in [4.78, 5) is 0. The van der Waals surface area contributed by atoms with E-state index in [-0.39, 0.29) is 16.3 Å². The van der Waals surface area contributed by atoms with E-state index in [9.17, 15) is 9.60 Å². The maximum Gasteiger partial charge on any atom is 0.129 e. The third kappa shape index (κ3) is 1.36. The standard InChI is InChI=1S/C10H13FN2O/c1-10(5-13(14)6-10)8-3-2-7(12)4-9(8)11/h2-4,13H,5-6,12H2,1H3. The van der Waals surface area contributed by atoms with Gasteiger partial charge in [-0.1, -0.05) is 6.07 Å². The highest BCUT2D eigenvalue weighted by Crippen LogP contribution is 2.28. The van der Waals surface area contributed by atoms with Gasteiger partial charge in [0, 0.05) is 11.3 Å². The molecule has 1 aliphatic rings. The van der Waals surface area contributed by atoms with E-state index in [1.165, 1.54) is 6.07 Å². The van der Waals surface area contributed by atoms with Crippen molar-refractivity contribution >= 4 is 5.69 Å². The van der Waals surface area contributed by atoms with Gasteiger partial charge in [-0.3, -0.25) is 0 Å². The molecule has 0 atom stereocenters. The van der Waals surface area contributed by atoms with Crippen molar-refractivity contribution in [3.63, 3.8) is 0 Å². The van der Waals surface area contributed by atoms with Crippen LogP contribution in [0.15, 0.2) is 18.2 Å². The Labute approximate surface area is 81.9 Å². The van der Waals surface area contributed by atoms with Gasteiger partial charge in [0.25, 0.3) is 0 Å². The SMILES string of the molecule is CC1(c2ccc(N)cc2F)C[NH+]([O-])C1. The quantitative estimate of drug-likeness (QED) is 0.493. The summed E-state index contributed by atoms with van der Waals surface area (Å²) >= 11 is 0. The minimum absolute atomic E-state index is 0.198. The molecule has 1 aromatic rings. The van der Waals surface area contributed by atoms with Gasteiger partial charge in [0.15, 0.2) is 0 Å². The number of hydroxylamine groups is 2. The second kappa shape index (κ2) is 2.93. The fourth-order valence-electron chi connectivity index (χ4n) is 2.03. The summed E-state index contributed by atoms with van der Waals surface area (Å²) in [5.74, 6) is -0.306. The van der Waals surface area contributed by atoms with E-state index >= 15 is 0 Å². The highest BCUT2D eigenvalue weighted by atomic mass is 19.1. The zero-order chi connectivity index (χ0) is 10.3. The molecule has 76 valence electrons. The lowest BCUT2D eigenvalue weighted by molar-refractivity contribution is -0.905. The van der Waals surface area contributed by atoms with E-state index in [2.05, 4.69) is 0 Å². The van der Waals surface area contributed by atoms with Crippen molar-refractivity contribution in [1.82, 2.24) is 0 Å². The van der Waals surface area contributed by atoms with Crippen LogP contribution >= 0.6 is 0 Å². The molecule has 14 heavy (non-hydrogen) atoms. The molecule has 1 aliphatic heterocycles. The maximum atomic E-state index is 13.5. The van der Waals surface area contributed by atoms with Gasteiger partial charge in [-0.05, 0) is 19.1 Å². The predicted octanol–water partition coefficient (Wildman–Crippen LogP) is 0.0619. The largest absolute Gasteiger partial charge is 0.634 e. The number of halogens is 1. The lowest BCUT2D eigenvalue weighted by Gasteiger charge is -2.46. The summed E-state index contributed by atoms with van der Waals surface area (Å²) in [6.07, 6.45) is 0. The first kappa shape index (κ1) is 9.43. The molecule has 1 heterocycles. The molecule has 2 rings (SSSR count). The van der Waals surface area contributed by atoms with Crippen molar-refractivity contribution in [2.24, 2.45) is 0 Å². The molecule has 1 fully saturated rings. The Morgan fingerprint density at radius 3 is 2.64 bits per heavy atom. The molecule has 0 aromatic heterocycles. The number of nitrogens with one attached hydrogen (secondary N) is 1. The maximum absolute atomic E-state index is 13.5. The Hall–Kier alpha value is -1.13. The van der Waals surface area contributed by atoms with Crippen LogP contribution < -0.4 is 10.8 Å². The highest BCUT2D eigenvalue weighted by molar-refractivity contribution is 5.43. The molecule has 1 saturated heterocycles. The average Bonchev–Trinajstić information content (AvgIpc) is 2.00. The van der Waals surface area contributed by atoms with Crippen LogP contribution in [0.2, 0.25) is 0 Å². The molecule has 0 bridgehead atoms. The summed E-state index contributed by atoms with van der Waals surface area (Å²) in [5, 5.41) is 11.1. The van der Waals surface area contributed by atoms with Gasteiger partial charge in [-0.2, -0.15) is 0 Å². The fraction of sp³-hybridized carbons (Fsp3) is 0.400. The van der Waals surface area contributed by atoms with E-state index in [1.807, 2.05) is 6.92 Å². The number of hydrogen-bond acceptors (Lipinski definition) is 2. The Morgan fingerprint density at radius 1 is 1.50 bits per heavy atom. The Morgan fingerprint density at radius 2 is 2.14 bits per heavy atom. The molecule has 0 spiro atoms. The van der Waals surface area contributed by atoms with Crippen LogP contribution in [-0.4, -0.2) is 13.1 Å². The lowest BCUT2D eigenvalue weighted by Crippen LogP contribution is -3.18. The van der Waals surface area contributed by atoms with Crippen LogP contribution in [0.25, 0.3) is 0 Å². The van der Waals surface area contributed by atoms with Crippen LogP contribution in [0.1, 0.15) is 12.5 Å². The number of anilines is 1. The first-order valence-electron chi connectivity index (χ1n) is 4.58. The first-order chi connectivity index (χ1) is 6.51. The topological polar surface area (TPSA) is 53.5 Å². The van der Waals surface area contributed by atoms with Crippen LogP contribution in [0, 0.1) is 11.0 Å². The molecule has 0 radical (unpaired) electrons. The van der Waals surface area contributed by atoms with E-state index in [1.54, 1.807) is 12.1 Å². The smallest absolute Gasteiger partial charge is 0.129 e. The molecule has 3 N–H and O–H groups in total.